The van der Waals surface area contributed by atoms with Crippen molar-refractivity contribution in [1.29, 1.82) is 0 Å². The molecule has 0 radical (unpaired) electrons. The molecule has 1 fully saturated rings. The minimum absolute atomic E-state index is 0.166. The van der Waals surface area contributed by atoms with Crippen molar-refractivity contribution in [3.05, 3.63) is 11.7 Å². The molecule has 0 aliphatic carbocycles. The maximum absolute atomic E-state index is 5.39. The quantitative estimate of drug-likeness (QED) is 0.814. The highest BCUT2D eigenvalue weighted by atomic mass is 16.5. The molecule has 1 unspecified atom stereocenters. The Labute approximate surface area is 108 Å². The smallest absolute Gasteiger partial charge is 0.244 e. The number of rotatable bonds is 5. The average molecular weight is 253 g/mol. The first kappa shape index (κ1) is 13.5. The lowest BCUT2D eigenvalue weighted by molar-refractivity contribution is 0.145. The summed E-state index contributed by atoms with van der Waals surface area (Å²) >= 11 is 0. The number of ether oxygens (including phenoxy) is 1. The van der Waals surface area contributed by atoms with Gasteiger partial charge in [0.1, 0.15) is 0 Å². The maximum Gasteiger partial charge on any atom is 0.244 e. The molecule has 18 heavy (non-hydrogen) atoms. The van der Waals surface area contributed by atoms with E-state index in [0.717, 1.165) is 19.0 Å². The van der Waals surface area contributed by atoms with Gasteiger partial charge in [-0.3, -0.25) is 0 Å². The fourth-order valence-corrected chi connectivity index (χ4v) is 2.43. The lowest BCUT2D eigenvalue weighted by Gasteiger charge is -2.36. The first-order valence-corrected chi connectivity index (χ1v) is 6.77. The first-order valence-electron chi connectivity index (χ1n) is 6.77. The first-order chi connectivity index (χ1) is 8.63. The van der Waals surface area contributed by atoms with E-state index in [1.54, 1.807) is 0 Å². The van der Waals surface area contributed by atoms with E-state index >= 15 is 0 Å². The highest BCUT2D eigenvalue weighted by Crippen LogP contribution is 2.39. The normalized spacial score (nSPS) is 23.2. The van der Waals surface area contributed by atoms with Crippen molar-refractivity contribution in [3.63, 3.8) is 0 Å². The summed E-state index contributed by atoms with van der Waals surface area (Å²) in [5.41, 5.74) is 0.169. The minimum atomic E-state index is 0.166. The monoisotopic (exact) mass is 253 g/mol. The Morgan fingerprint density at radius 3 is 3.06 bits per heavy atom. The van der Waals surface area contributed by atoms with E-state index in [4.69, 9.17) is 9.26 Å². The van der Waals surface area contributed by atoms with Gasteiger partial charge in [-0.1, -0.05) is 19.0 Å². The van der Waals surface area contributed by atoms with Gasteiger partial charge in [-0.05, 0) is 31.7 Å². The largest absolute Gasteiger partial charge is 0.381 e. The van der Waals surface area contributed by atoms with E-state index in [1.807, 2.05) is 6.92 Å². The molecule has 5 nitrogen and oxygen atoms in total. The highest BCUT2D eigenvalue weighted by Gasteiger charge is 2.36. The number of nitrogens with zero attached hydrogens (tertiary/aromatic N) is 2. The predicted octanol–water partition coefficient (Wildman–Crippen LogP) is 2.10. The van der Waals surface area contributed by atoms with Crippen LogP contribution in [0.25, 0.3) is 0 Å². The fourth-order valence-electron chi connectivity index (χ4n) is 2.43. The third-order valence-corrected chi connectivity index (χ3v) is 3.53. The van der Waals surface area contributed by atoms with Crippen LogP contribution in [0.1, 0.15) is 51.4 Å². The van der Waals surface area contributed by atoms with Gasteiger partial charge >= 0.3 is 0 Å². The molecule has 2 rings (SSSR count). The molecule has 102 valence electrons. The molecule has 0 aromatic carbocycles. The minimum Gasteiger partial charge on any atom is -0.381 e. The maximum atomic E-state index is 5.39. The van der Waals surface area contributed by atoms with Crippen LogP contribution in [-0.2, 0) is 11.2 Å². The van der Waals surface area contributed by atoms with E-state index < -0.39 is 0 Å². The molecule has 0 spiro atoms. The highest BCUT2D eigenvalue weighted by molar-refractivity contribution is 5.01. The van der Waals surface area contributed by atoms with E-state index in [-0.39, 0.29) is 11.5 Å². The average Bonchev–Trinajstić information content (AvgIpc) is 2.77. The third-order valence-electron chi connectivity index (χ3n) is 3.53. The van der Waals surface area contributed by atoms with Gasteiger partial charge < -0.3 is 14.6 Å². The molecular formula is C13H23N3O2. The zero-order valence-electron chi connectivity index (χ0n) is 11.5. The topological polar surface area (TPSA) is 60.2 Å². The van der Waals surface area contributed by atoms with Crippen LogP contribution in [0.3, 0.4) is 0 Å². The lowest BCUT2D eigenvalue weighted by atomic mass is 9.77. The molecule has 0 amide bonds. The van der Waals surface area contributed by atoms with E-state index in [1.165, 1.54) is 12.8 Å². The van der Waals surface area contributed by atoms with Gasteiger partial charge in [-0.15, -0.1) is 0 Å². The van der Waals surface area contributed by atoms with Crippen molar-refractivity contribution in [2.75, 3.05) is 19.8 Å². The second kappa shape index (κ2) is 5.80. The second-order valence-electron chi connectivity index (χ2n) is 5.48. The van der Waals surface area contributed by atoms with Gasteiger partial charge in [0.15, 0.2) is 5.82 Å². The Balaban J connectivity index is 2.00. The van der Waals surface area contributed by atoms with Crippen LogP contribution in [0.5, 0.6) is 0 Å². The molecule has 1 aromatic rings. The number of nitrogens with one attached hydrogen (secondary N) is 1. The van der Waals surface area contributed by atoms with Crippen molar-refractivity contribution in [1.82, 2.24) is 15.5 Å². The van der Waals surface area contributed by atoms with Crippen LogP contribution in [0, 0.1) is 5.41 Å². The predicted molar refractivity (Wildman–Crippen MR) is 68.3 cm³/mol. The van der Waals surface area contributed by atoms with Crippen LogP contribution in [0.15, 0.2) is 4.52 Å². The number of hydrogen-bond donors (Lipinski definition) is 1. The molecule has 1 aliphatic rings. The van der Waals surface area contributed by atoms with Crippen molar-refractivity contribution in [2.45, 2.75) is 46.1 Å². The Morgan fingerprint density at radius 2 is 2.33 bits per heavy atom. The summed E-state index contributed by atoms with van der Waals surface area (Å²) in [5.74, 6) is 1.45. The van der Waals surface area contributed by atoms with Crippen LogP contribution in [0.2, 0.25) is 0 Å². The van der Waals surface area contributed by atoms with Gasteiger partial charge in [0, 0.05) is 13.0 Å². The van der Waals surface area contributed by atoms with E-state index in [9.17, 15) is 0 Å². The van der Waals surface area contributed by atoms with Gasteiger partial charge in [0.25, 0.3) is 0 Å². The van der Waals surface area contributed by atoms with Crippen LogP contribution < -0.4 is 5.32 Å². The number of hydrogen-bond acceptors (Lipinski definition) is 5. The Morgan fingerprint density at radius 1 is 1.50 bits per heavy atom. The molecule has 0 bridgehead atoms. The summed E-state index contributed by atoms with van der Waals surface area (Å²) in [7, 11) is 0. The molecule has 1 atom stereocenters. The molecule has 0 saturated carbocycles. The summed E-state index contributed by atoms with van der Waals surface area (Å²) in [6.45, 7) is 8.86. The molecule has 2 heterocycles. The van der Waals surface area contributed by atoms with Crippen molar-refractivity contribution in [3.8, 4) is 0 Å². The van der Waals surface area contributed by atoms with Gasteiger partial charge in [0.2, 0.25) is 5.89 Å². The second-order valence-corrected chi connectivity index (χ2v) is 5.48. The standard InChI is InChI=1S/C13H23N3O2/c1-4-17-9-6-10-15-12(18-16-10)11-13(2,3)7-5-8-14-11/h11,14H,4-9H2,1-3H3. The Kier molecular flexibility index (Phi) is 4.35. The summed E-state index contributed by atoms with van der Waals surface area (Å²) in [6.07, 6.45) is 3.10. The van der Waals surface area contributed by atoms with Crippen LogP contribution in [0.4, 0.5) is 0 Å². The van der Waals surface area contributed by atoms with Gasteiger partial charge in [-0.2, -0.15) is 4.98 Å². The van der Waals surface area contributed by atoms with E-state index in [2.05, 4.69) is 29.3 Å². The van der Waals surface area contributed by atoms with Crippen LogP contribution >= 0.6 is 0 Å². The molecule has 5 heteroatoms. The summed E-state index contributed by atoms with van der Waals surface area (Å²) in [5, 5.41) is 7.50. The number of aromatic nitrogens is 2. The molecule has 1 saturated heterocycles. The SMILES string of the molecule is CCOCCc1noc(C2NCCCC2(C)C)n1. The summed E-state index contributed by atoms with van der Waals surface area (Å²) < 4.78 is 10.7. The lowest BCUT2D eigenvalue weighted by Crippen LogP contribution is -2.39. The van der Waals surface area contributed by atoms with E-state index in [0.29, 0.717) is 18.9 Å². The summed E-state index contributed by atoms with van der Waals surface area (Å²) in [4.78, 5) is 4.48. The zero-order valence-corrected chi connectivity index (χ0v) is 11.5. The summed E-state index contributed by atoms with van der Waals surface area (Å²) in [6, 6.07) is 0.166. The van der Waals surface area contributed by atoms with Crippen LogP contribution in [-0.4, -0.2) is 29.9 Å². The molecule has 1 aromatic heterocycles. The Hall–Kier alpha value is -0.940. The molecule has 1 N–H and O–H groups in total. The zero-order chi connectivity index (χ0) is 13.0. The van der Waals surface area contributed by atoms with Gasteiger partial charge in [0.05, 0.1) is 12.6 Å². The fraction of sp³-hybridized carbons (Fsp3) is 0.846. The van der Waals surface area contributed by atoms with Crippen molar-refractivity contribution in [2.24, 2.45) is 5.41 Å². The van der Waals surface area contributed by atoms with Crippen molar-refractivity contribution < 1.29 is 9.26 Å². The third kappa shape index (κ3) is 3.09. The molecular weight excluding hydrogens is 230 g/mol. The van der Waals surface area contributed by atoms with Gasteiger partial charge in [-0.25, -0.2) is 0 Å². The van der Waals surface area contributed by atoms with Crippen molar-refractivity contribution >= 4 is 0 Å². The Bertz CT molecular complexity index is 376. The molecule has 1 aliphatic heterocycles. The number of piperidine rings is 1.